The number of aromatic nitrogens is 3. The summed E-state index contributed by atoms with van der Waals surface area (Å²) < 4.78 is 42.3. The first-order valence-electron chi connectivity index (χ1n) is 10.7. The van der Waals surface area contributed by atoms with Crippen LogP contribution < -0.4 is 10.9 Å². The van der Waals surface area contributed by atoms with Crippen molar-refractivity contribution in [3.63, 3.8) is 0 Å². The summed E-state index contributed by atoms with van der Waals surface area (Å²) in [7, 11) is 0. The maximum absolute atomic E-state index is 13.8. The number of hydrogen-bond acceptors (Lipinski definition) is 3. The standard InChI is InChI=1S/C26H16ClF3N4O2/c27-18-10-6-16(7-11-18)22-23(26(28,29)30)33-34-21(35)14-20(32-24(22)34)15-8-12-19(13-9-15)31-25(36)17-4-2-1-3-5-17/h1-14,33H,(H,31,36). The van der Waals surface area contributed by atoms with Crippen LogP contribution in [0.2, 0.25) is 5.02 Å². The number of H-pyrrole nitrogens is 1. The van der Waals surface area contributed by atoms with E-state index in [1.54, 1.807) is 54.6 Å². The Morgan fingerprint density at radius 1 is 0.917 bits per heavy atom. The summed E-state index contributed by atoms with van der Waals surface area (Å²) in [5.74, 6) is -0.291. The fourth-order valence-electron chi connectivity index (χ4n) is 3.80. The zero-order chi connectivity index (χ0) is 25.4. The molecule has 5 aromatic rings. The third kappa shape index (κ3) is 4.48. The quantitative estimate of drug-likeness (QED) is 0.300. The largest absolute Gasteiger partial charge is 0.433 e. The minimum Gasteiger partial charge on any atom is -0.322 e. The zero-order valence-electron chi connectivity index (χ0n) is 18.3. The van der Waals surface area contributed by atoms with Crippen molar-refractivity contribution < 1.29 is 18.0 Å². The predicted octanol–water partition coefficient (Wildman–Crippen LogP) is 6.28. The molecule has 2 aromatic heterocycles. The van der Waals surface area contributed by atoms with Crippen molar-refractivity contribution in [2.24, 2.45) is 0 Å². The molecule has 0 unspecified atom stereocenters. The van der Waals surface area contributed by atoms with E-state index in [0.29, 0.717) is 21.8 Å². The molecule has 180 valence electrons. The monoisotopic (exact) mass is 508 g/mol. The third-order valence-electron chi connectivity index (χ3n) is 5.51. The maximum Gasteiger partial charge on any atom is 0.433 e. The summed E-state index contributed by atoms with van der Waals surface area (Å²) in [6.07, 6.45) is -4.76. The molecular formula is C26H16ClF3N4O2. The Morgan fingerprint density at radius 3 is 2.19 bits per heavy atom. The Labute approximate surface area is 207 Å². The van der Waals surface area contributed by atoms with Crippen molar-refractivity contribution in [1.82, 2.24) is 14.6 Å². The molecule has 0 radical (unpaired) electrons. The van der Waals surface area contributed by atoms with E-state index < -0.39 is 17.4 Å². The van der Waals surface area contributed by atoms with Crippen LogP contribution in [-0.4, -0.2) is 20.5 Å². The van der Waals surface area contributed by atoms with E-state index in [-0.39, 0.29) is 28.4 Å². The lowest BCUT2D eigenvalue weighted by Crippen LogP contribution is -2.15. The van der Waals surface area contributed by atoms with Crippen LogP contribution >= 0.6 is 11.6 Å². The molecule has 0 aliphatic rings. The Kier molecular flexibility index (Phi) is 5.85. The molecule has 0 bridgehead atoms. The highest BCUT2D eigenvalue weighted by Gasteiger charge is 2.38. The molecule has 3 aromatic carbocycles. The molecule has 0 atom stereocenters. The average molecular weight is 509 g/mol. The van der Waals surface area contributed by atoms with Crippen LogP contribution in [0.1, 0.15) is 16.1 Å². The molecule has 36 heavy (non-hydrogen) atoms. The number of aromatic amines is 1. The molecule has 10 heteroatoms. The highest BCUT2D eigenvalue weighted by molar-refractivity contribution is 6.30. The van der Waals surface area contributed by atoms with Gasteiger partial charge in [-0.2, -0.15) is 13.2 Å². The van der Waals surface area contributed by atoms with Crippen LogP contribution in [0, 0.1) is 0 Å². The minimum absolute atomic E-state index is 0.173. The van der Waals surface area contributed by atoms with Gasteiger partial charge in [0.2, 0.25) is 0 Å². The third-order valence-corrected chi connectivity index (χ3v) is 5.76. The number of amides is 1. The normalized spacial score (nSPS) is 11.6. The van der Waals surface area contributed by atoms with Crippen LogP contribution in [0.15, 0.2) is 89.7 Å². The van der Waals surface area contributed by atoms with Crippen molar-refractivity contribution in [3.8, 4) is 22.4 Å². The number of carbonyl (C=O) groups is 1. The molecule has 0 saturated carbocycles. The van der Waals surface area contributed by atoms with Crippen molar-refractivity contribution in [1.29, 1.82) is 0 Å². The SMILES string of the molecule is O=C(Nc1ccc(-c2cc(=O)n3[nH]c(C(F)(F)F)c(-c4ccc(Cl)cc4)c3n2)cc1)c1ccccc1. The van der Waals surface area contributed by atoms with Crippen molar-refractivity contribution in [2.45, 2.75) is 6.18 Å². The van der Waals surface area contributed by atoms with E-state index in [4.69, 9.17) is 11.6 Å². The number of alkyl halides is 3. The summed E-state index contributed by atoms with van der Waals surface area (Å²) >= 11 is 5.90. The van der Waals surface area contributed by atoms with Gasteiger partial charge < -0.3 is 5.32 Å². The molecular weight excluding hydrogens is 493 g/mol. The lowest BCUT2D eigenvalue weighted by atomic mass is 10.1. The Balaban J connectivity index is 1.56. The zero-order valence-corrected chi connectivity index (χ0v) is 19.1. The second-order valence-corrected chi connectivity index (χ2v) is 8.34. The van der Waals surface area contributed by atoms with E-state index in [1.807, 2.05) is 0 Å². The van der Waals surface area contributed by atoms with Gasteiger partial charge in [-0.15, -0.1) is 0 Å². The summed E-state index contributed by atoms with van der Waals surface area (Å²) in [5.41, 5.74) is -0.356. The number of benzene rings is 3. The minimum atomic E-state index is -4.76. The first kappa shape index (κ1) is 23.4. The highest BCUT2D eigenvalue weighted by Crippen LogP contribution is 2.38. The van der Waals surface area contributed by atoms with E-state index >= 15 is 0 Å². The van der Waals surface area contributed by atoms with E-state index in [0.717, 1.165) is 10.6 Å². The van der Waals surface area contributed by atoms with Crippen LogP contribution in [0.5, 0.6) is 0 Å². The number of halogens is 4. The van der Waals surface area contributed by atoms with Crippen LogP contribution in [0.3, 0.4) is 0 Å². The molecule has 0 fully saturated rings. The van der Waals surface area contributed by atoms with Gasteiger partial charge in [0.15, 0.2) is 5.65 Å². The first-order valence-corrected chi connectivity index (χ1v) is 11.0. The molecule has 0 aliphatic heterocycles. The number of anilines is 1. The molecule has 2 heterocycles. The average Bonchev–Trinajstić information content (AvgIpc) is 3.26. The first-order chi connectivity index (χ1) is 17.2. The molecule has 5 rings (SSSR count). The van der Waals surface area contributed by atoms with Gasteiger partial charge in [-0.05, 0) is 42.0 Å². The van der Waals surface area contributed by atoms with Crippen LogP contribution in [0.25, 0.3) is 28.0 Å². The van der Waals surface area contributed by atoms with Gasteiger partial charge in [-0.25, -0.2) is 9.50 Å². The Bertz CT molecular complexity index is 1630. The van der Waals surface area contributed by atoms with Crippen molar-refractivity contribution in [2.75, 3.05) is 5.32 Å². The highest BCUT2D eigenvalue weighted by atomic mass is 35.5. The van der Waals surface area contributed by atoms with E-state index in [9.17, 15) is 22.8 Å². The van der Waals surface area contributed by atoms with Gasteiger partial charge in [0.25, 0.3) is 11.5 Å². The molecule has 0 saturated heterocycles. The van der Waals surface area contributed by atoms with Crippen LogP contribution in [-0.2, 0) is 6.18 Å². The summed E-state index contributed by atoms with van der Waals surface area (Å²) in [4.78, 5) is 29.5. The number of rotatable bonds is 4. The van der Waals surface area contributed by atoms with E-state index in [1.165, 1.54) is 24.3 Å². The predicted molar refractivity (Wildman–Crippen MR) is 131 cm³/mol. The van der Waals surface area contributed by atoms with Crippen molar-refractivity contribution >= 4 is 28.8 Å². The molecule has 0 spiro atoms. The number of hydrogen-bond donors (Lipinski definition) is 2. The van der Waals surface area contributed by atoms with Gasteiger partial charge in [0, 0.05) is 27.9 Å². The van der Waals surface area contributed by atoms with Gasteiger partial charge in [0.1, 0.15) is 5.69 Å². The molecule has 2 N–H and O–H groups in total. The summed E-state index contributed by atoms with van der Waals surface area (Å²) in [6, 6.07) is 22.1. The number of nitrogens with zero attached hydrogens (tertiary/aromatic N) is 2. The number of fused-ring (bicyclic) bond motifs is 1. The summed E-state index contributed by atoms with van der Waals surface area (Å²) in [6.45, 7) is 0. The van der Waals surface area contributed by atoms with Crippen molar-refractivity contribution in [3.05, 3.63) is 112 Å². The lowest BCUT2D eigenvalue weighted by Gasteiger charge is -2.08. The number of nitrogens with one attached hydrogen (secondary N) is 2. The van der Waals surface area contributed by atoms with Gasteiger partial charge in [0.05, 0.1) is 11.3 Å². The molecule has 0 aliphatic carbocycles. The lowest BCUT2D eigenvalue weighted by molar-refractivity contribution is -0.140. The van der Waals surface area contributed by atoms with Crippen LogP contribution in [0.4, 0.5) is 18.9 Å². The van der Waals surface area contributed by atoms with Gasteiger partial charge in [-0.1, -0.05) is 54.1 Å². The van der Waals surface area contributed by atoms with Gasteiger partial charge >= 0.3 is 6.18 Å². The number of carbonyl (C=O) groups excluding carboxylic acids is 1. The smallest absolute Gasteiger partial charge is 0.322 e. The summed E-state index contributed by atoms with van der Waals surface area (Å²) in [5, 5.41) is 5.27. The topological polar surface area (TPSA) is 79.3 Å². The Morgan fingerprint density at radius 2 is 1.56 bits per heavy atom. The molecule has 1 amide bonds. The fourth-order valence-corrected chi connectivity index (χ4v) is 3.92. The fraction of sp³-hybridized carbons (Fsp3) is 0.0385. The second kappa shape index (κ2) is 9.01. The maximum atomic E-state index is 13.8. The Hall–Kier alpha value is -4.37. The molecule has 6 nitrogen and oxygen atoms in total. The van der Waals surface area contributed by atoms with E-state index in [2.05, 4.69) is 15.4 Å². The second-order valence-electron chi connectivity index (χ2n) is 7.90. The van der Waals surface area contributed by atoms with Gasteiger partial charge in [-0.3, -0.25) is 14.7 Å².